The number of nitrogens with one attached hydrogen (secondary N) is 1. The van der Waals surface area contributed by atoms with Crippen LogP contribution in [0.15, 0.2) is 48.5 Å². The summed E-state index contributed by atoms with van der Waals surface area (Å²) in [6.45, 7) is 4.38. The normalized spacial score (nSPS) is 13.9. The first-order valence-corrected chi connectivity index (χ1v) is 7.17. The van der Waals surface area contributed by atoms with Gasteiger partial charge in [-0.1, -0.05) is 42.5 Å². The van der Waals surface area contributed by atoms with E-state index in [-0.39, 0.29) is 17.9 Å². The van der Waals surface area contributed by atoms with Gasteiger partial charge in [-0.15, -0.1) is 0 Å². The molecule has 21 heavy (non-hydrogen) atoms. The number of rotatable bonds is 6. The lowest BCUT2D eigenvalue weighted by Crippen LogP contribution is -2.28. The zero-order chi connectivity index (χ0) is 15.2. The van der Waals surface area contributed by atoms with Gasteiger partial charge in [0.2, 0.25) is 0 Å². The van der Waals surface area contributed by atoms with Gasteiger partial charge in [0.25, 0.3) is 0 Å². The molecule has 0 amide bonds. The number of methoxy groups -OCH3 is 1. The molecule has 0 saturated carbocycles. The van der Waals surface area contributed by atoms with E-state index in [1.165, 1.54) is 5.56 Å². The quantitative estimate of drug-likeness (QED) is 0.861. The second-order valence-electron chi connectivity index (χ2n) is 5.32. The molecule has 0 aliphatic rings. The Labute approximate surface area is 126 Å². The van der Waals surface area contributed by atoms with Crippen molar-refractivity contribution in [3.05, 3.63) is 71.0 Å². The summed E-state index contributed by atoms with van der Waals surface area (Å²) >= 11 is 0. The fourth-order valence-electron chi connectivity index (χ4n) is 2.37. The Bertz CT molecular complexity index is 571. The monoisotopic (exact) mass is 287 g/mol. The van der Waals surface area contributed by atoms with Crippen molar-refractivity contribution in [2.75, 3.05) is 13.7 Å². The van der Waals surface area contributed by atoms with Gasteiger partial charge < -0.3 is 10.1 Å². The molecule has 0 aromatic heterocycles. The summed E-state index contributed by atoms with van der Waals surface area (Å²) in [7, 11) is 1.69. The van der Waals surface area contributed by atoms with Crippen molar-refractivity contribution in [2.24, 2.45) is 0 Å². The summed E-state index contributed by atoms with van der Waals surface area (Å²) in [5.74, 6) is -0.163. The fraction of sp³-hybridized carbons (Fsp3) is 0.333. The van der Waals surface area contributed by atoms with Gasteiger partial charge in [0, 0.05) is 13.2 Å². The highest BCUT2D eigenvalue weighted by Gasteiger charge is 2.15. The van der Waals surface area contributed by atoms with E-state index in [4.69, 9.17) is 4.74 Å². The number of halogens is 1. The van der Waals surface area contributed by atoms with E-state index in [9.17, 15) is 4.39 Å². The summed E-state index contributed by atoms with van der Waals surface area (Å²) in [5, 5.41) is 3.51. The molecule has 0 spiro atoms. The molecule has 0 aliphatic carbocycles. The third-order valence-corrected chi connectivity index (χ3v) is 3.68. The number of hydrogen-bond donors (Lipinski definition) is 1. The summed E-state index contributed by atoms with van der Waals surface area (Å²) in [6.07, 6.45) is 0. The largest absolute Gasteiger partial charge is 0.383 e. The van der Waals surface area contributed by atoms with Crippen molar-refractivity contribution in [3.63, 3.8) is 0 Å². The smallest absolute Gasteiger partial charge is 0.126 e. The van der Waals surface area contributed by atoms with E-state index in [2.05, 4.69) is 17.4 Å². The average Bonchev–Trinajstić information content (AvgIpc) is 2.50. The van der Waals surface area contributed by atoms with Crippen LogP contribution in [0, 0.1) is 12.7 Å². The highest BCUT2D eigenvalue weighted by molar-refractivity contribution is 5.26. The third kappa shape index (κ3) is 4.13. The predicted molar refractivity (Wildman–Crippen MR) is 83.7 cm³/mol. The maximum Gasteiger partial charge on any atom is 0.126 e. The summed E-state index contributed by atoms with van der Waals surface area (Å²) in [4.78, 5) is 0. The standard InChI is InChI=1S/C18H22FNO/c1-13-9-10-16(11-17(13)19)14(2)20-18(12-21-3)15-7-5-4-6-8-15/h4-11,14,18,20H,12H2,1-3H3. The van der Waals surface area contributed by atoms with Gasteiger partial charge >= 0.3 is 0 Å². The van der Waals surface area contributed by atoms with Crippen LogP contribution in [0.2, 0.25) is 0 Å². The van der Waals surface area contributed by atoms with Crippen molar-refractivity contribution >= 4 is 0 Å². The molecule has 1 N–H and O–H groups in total. The Morgan fingerprint density at radius 3 is 2.43 bits per heavy atom. The van der Waals surface area contributed by atoms with Gasteiger partial charge in [-0.05, 0) is 36.6 Å². The Hall–Kier alpha value is -1.71. The molecule has 2 atom stereocenters. The molecule has 2 aromatic carbocycles. The van der Waals surface area contributed by atoms with Crippen molar-refractivity contribution in [1.82, 2.24) is 5.32 Å². The molecule has 0 fully saturated rings. The van der Waals surface area contributed by atoms with Gasteiger partial charge in [-0.25, -0.2) is 4.39 Å². The van der Waals surface area contributed by atoms with E-state index < -0.39 is 0 Å². The van der Waals surface area contributed by atoms with Crippen LogP contribution in [0.3, 0.4) is 0 Å². The topological polar surface area (TPSA) is 21.3 Å². The number of benzene rings is 2. The van der Waals surface area contributed by atoms with Crippen LogP contribution in [0.1, 0.15) is 35.7 Å². The van der Waals surface area contributed by atoms with Crippen molar-refractivity contribution in [2.45, 2.75) is 25.9 Å². The molecule has 0 bridgehead atoms. The van der Waals surface area contributed by atoms with E-state index in [0.717, 1.165) is 5.56 Å². The van der Waals surface area contributed by atoms with Crippen LogP contribution in [0.25, 0.3) is 0 Å². The van der Waals surface area contributed by atoms with Gasteiger partial charge in [-0.3, -0.25) is 0 Å². The van der Waals surface area contributed by atoms with Crippen molar-refractivity contribution < 1.29 is 9.13 Å². The summed E-state index contributed by atoms with van der Waals surface area (Å²) in [5.41, 5.74) is 2.77. The van der Waals surface area contributed by atoms with Crippen LogP contribution in [0.4, 0.5) is 4.39 Å². The van der Waals surface area contributed by atoms with Crippen LogP contribution in [0.5, 0.6) is 0 Å². The Balaban J connectivity index is 2.14. The van der Waals surface area contributed by atoms with E-state index in [1.54, 1.807) is 20.1 Å². The first-order chi connectivity index (χ1) is 10.1. The van der Waals surface area contributed by atoms with Gasteiger partial charge in [-0.2, -0.15) is 0 Å². The average molecular weight is 287 g/mol. The first-order valence-electron chi connectivity index (χ1n) is 7.17. The maximum absolute atomic E-state index is 13.7. The van der Waals surface area contributed by atoms with Gasteiger partial charge in [0.05, 0.1) is 12.6 Å². The van der Waals surface area contributed by atoms with Gasteiger partial charge in [0.15, 0.2) is 0 Å². The van der Waals surface area contributed by atoms with Crippen LogP contribution in [-0.4, -0.2) is 13.7 Å². The lowest BCUT2D eigenvalue weighted by molar-refractivity contribution is 0.162. The van der Waals surface area contributed by atoms with E-state index in [1.807, 2.05) is 37.3 Å². The molecular formula is C18H22FNO. The molecule has 2 rings (SSSR count). The Kier molecular flexibility index (Phi) is 5.48. The maximum atomic E-state index is 13.7. The molecule has 0 aliphatic heterocycles. The minimum absolute atomic E-state index is 0.0421. The summed E-state index contributed by atoms with van der Waals surface area (Å²) < 4.78 is 19.0. The second kappa shape index (κ2) is 7.34. The molecular weight excluding hydrogens is 265 g/mol. The minimum Gasteiger partial charge on any atom is -0.383 e. The van der Waals surface area contributed by atoms with E-state index >= 15 is 0 Å². The van der Waals surface area contributed by atoms with Crippen molar-refractivity contribution in [1.29, 1.82) is 0 Å². The zero-order valence-electron chi connectivity index (χ0n) is 12.8. The van der Waals surface area contributed by atoms with Gasteiger partial charge in [0.1, 0.15) is 5.82 Å². The minimum atomic E-state index is -0.163. The number of aryl methyl sites for hydroxylation is 1. The van der Waals surface area contributed by atoms with Crippen LogP contribution < -0.4 is 5.32 Å². The highest BCUT2D eigenvalue weighted by atomic mass is 19.1. The highest BCUT2D eigenvalue weighted by Crippen LogP contribution is 2.21. The number of hydrogen-bond acceptors (Lipinski definition) is 2. The number of ether oxygens (including phenoxy) is 1. The molecule has 2 unspecified atom stereocenters. The second-order valence-corrected chi connectivity index (χ2v) is 5.32. The summed E-state index contributed by atoms with van der Waals surface area (Å²) in [6, 6.07) is 15.6. The SMILES string of the molecule is COCC(NC(C)c1ccc(C)c(F)c1)c1ccccc1. The predicted octanol–water partition coefficient (Wildman–Crippen LogP) is 4.17. The zero-order valence-corrected chi connectivity index (χ0v) is 12.8. The van der Waals surface area contributed by atoms with E-state index in [0.29, 0.717) is 12.2 Å². The molecule has 2 aromatic rings. The fourth-order valence-corrected chi connectivity index (χ4v) is 2.37. The molecule has 0 radical (unpaired) electrons. The molecule has 2 nitrogen and oxygen atoms in total. The molecule has 3 heteroatoms. The lowest BCUT2D eigenvalue weighted by Gasteiger charge is -2.24. The van der Waals surface area contributed by atoms with Crippen molar-refractivity contribution in [3.8, 4) is 0 Å². The van der Waals surface area contributed by atoms with Crippen LogP contribution in [-0.2, 0) is 4.74 Å². The first kappa shape index (κ1) is 15.7. The molecule has 0 heterocycles. The third-order valence-electron chi connectivity index (χ3n) is 3.68. The Morgan fingerprint density at radius 1 is 1.10 bits per heavy atom. The Morgan fingerprint density at radius 2 is 1.81 bits per heavy atom. The molecule has 0 saturated heterocycles. The lowest BCUT2D eigenvalue weighted by atomic mass is 10.0. The van der Waals surface area contributed by atoms with Crippen LogP contribution >= 0.6 is 0 Å². The molecule has 112 valence electrons.